The van der Waals surface area contributed by atoms with Gasteiger partial charge in [-0.1, -0.05) is 6.92 Å². The molecule has 2 fully saturated rings. The first-order valence-electron chi connectivity index (χ1n) is 4.57. The zero-order valence-electron chi connectivity index (χ0n) is 7.34. The molecule has 0 heterocycles. The quantitative estimate of drug-likeness (QED) is 0.637. The van der Waals surface area contributed by atoms with Crippen LogP contribution in [0.5, 0.6) is 0 Å². The summed E-state index contributed by atoms with van der Waals surface area (Å²) in [7, 11) is 0. The number of hydrogen-bond acceptors (Lipinski definition) is 2. The summed E-state index contributed by atoms with van der Waals surface area (Å²) in [5, 5.41) is 11.7. The van der Waals surface area contributed by atoms with Crippen molar-refractivity contribution in [2.75, 3.05) is 6.61 Å². The van der Waals surface area contributed by atoms with E-state index >= 15 is 0 Å². The highest BCUT2D eigenvalue weighted by molar-refractivity contribution is 5.85. The summed E-state index contributed by atoms with van der Waals surface area (Å²) >= 11 is 0. The molecule has 2 N–H and O–H groups in total. The second-order valence-corrected chi connectivity index (χ2v) is 4.32. The van der Waals surface area contributed by atoms with Crippen molar-refractivity contribution < 1.29 is 9.90 Å². The van der Waals surface area contributed by atoms with Gasteiger partial charge in [0.25, 0.3) is 0 Å². The molecule has 0 aromatic carbocycles. The highest BCUT2D eigenvalue weighted by atomic mass is 16.3. The van der Waals surface area contributed by atoms with Crippen LogP contribution in [0.2, 0.25) is 0 Å². The lowest BCUT2D eigenvalue weighted by Gasteiger charge is -2.08. The molecule has 0 aliphatic heterocycles. The fourth-order valence-electron chi connectivity index (χ4n) is 1.38. The number of rotatable bonds is 3. The zero-order valence-corrected chi connectivity index (χ0v) is 7.34. The number of aliphatic hydroxyl groups is 1. The van der Waals surface area contributed by atoms with Crippen LogP contribution >= 0.6 is 0 Å². The van der Waals surface area contributed by atoms with Crippen LogP contribution in [0.3, 0.4) is 0 Å². The standard InChI is InChI=1S/C9H15NO2/c1-9(2-3-9)8(12)10-7-4-6(7)5-11/h6-7,11H,2-5H2,1H3,(H,10,12)/t6-,7+/m0/s1. The van der Waals surface area contributed by atoms with Gasteiger partial charge < -0.3 is 10.4 Å². The average molecular weight is 169 g/mol. The Morgan fingerprint density at radius 1 is 1.67 bits per heavy atom. The third-order valence-electron chi connectivity index (χ3n) is 3.02. The third kappa shape index (κ3) is 1.33. The van der Waals surface area contributed by atoms with E-state index in [2.05, 4.69) is 5.32 Å². The van der Waals surface area contributed by atoms with Gasteiger partial charge in [0.1, 0.15) is 0 Å². The number of hydrogen-bond donors (Lipinski definition) is 2. The molecule has 0 radical (unpaired) electrons. The molecule has 3 nitrogen and oxygen atoms in total. The van der Waals surface area contributed by atoms with Crippen LogP contribution in [0.4, 0.5) is 0 Å². The largest absolute Gasteiger partial charge is 0.396 e. The van der Waals surface area contributed by atoms with Crippen LogP contribution in [-0.2, 0) is 4.79 Å². The van der Waals surface area contributed by atoms with Crippen molar-refractivity contribution in [3.8, 4) is 0 Å². The van der Waals surface area contributed by atoms with E-state index < -0.39 is 0 Å². The fraction of sp³-hybridized carbons (Fsp3) is 0.889. The Morgan fingerprint density at radius 2 is 2.33 bits per heavy atom. The molecule has 0 saturated heterocycles. The van der Waals surface area contributed by atoms with E-state index in [1.807, 2.05) is 6.92 Å². The molecule has 0 bridgehead atoms. The first kappa shape index (κ1) is 8.05. The molecule has 3 heteroatoms. The predicted molar refractivity (Wildman–Crippen MR) is 44.5 cm³/mol. The van der Waals surface area contributed by atoms with E-state index in [0.717, 1.165) is 19.3 Å². The van der Waals surface area contributed by atoms with Crippen molar-refractivity contribution >= 4 is 5.91 Å². The van der Waals surface area contributed by atoms with Gasteiger partial charge in [0.2, 0.25) is 5.91 Å². The maximum atomic E-state index is 11.4. The van der Waals surface area contributed by atoms with Crippen molar-refractivity contribution in [3.05, 3.63) is 0 Å². The van der Waals surface area contributed by atoms with Gasteiger partial charge >= 0.3 is 0 Å². The van der Waals surface area contributed by atoms with Crippen molar-refractivity contribution in [3.63, 3.8) is 0 Å². The third-order valence-corrected chi connectivity index (χ3v) is 3.02. The minimum atomic E-state index is -0.0669. The van der Waals surface area contributed by atoms with Crippen LogP contribution in [0.15, 0.2) is 0 Å². The van der Waals surface area contributed by atoms with E-state index in [9.17, 15) is 4.79 Å². The van der Waals surface area contributed by atoms with Crippen LogP contribution in [0.25, 0.3) is 0 Å². The van der Waals surface area contributed by atoms with Crippen molar-refractivity contribution in [2.24, 2.45) is 11.3 Å². The van der Waals surface area contributed by atoms with E-state index in [0.29, 0.717) is 5.92 Å². The monoisotopic (exact) mass is 169 g/mol. The van der Waals surface area contributed by atoms with Gasteiger partial charge in [-0.25, -0.2) is 0 Å². The Morgan fingerprint density at radius 3 is 2.75 bits per heavy atom. The number of amides is 1. The first-order valence-corrected chi connectivity index (χ1v) is 4.57. The number of aliphatic hydroxyl groups excluding tert-OH is 1. The maximum Gasteiger partial charge on any atom is 0.226 e. The van der Waals surface area contributed by atoms with Crippen LogP contribution in [0, 0.1) is 11.3 Å². The number of carbonyl (C=O) groups excluding carboxylic acids is 1. The molecular weight excluding hydrogens is 154 g/mol. The Kier molecular flexibility index (Phi) is 1.65. The van der Waals surface area contributed by atoms with Crippen LogP contribution < -0.4 is 5.32 Å². The summed E-state index contributed by atoms with van der Waals surface area (Å²) in [5.74, 6) is 0.514. The molecule has 0 aromatic heterocycles. The van der Waals surface area contributed by atoms with Gasteiger partial charge in [0, 0.05) is 24.0 Å². The van der Waals surface area contributed by atoms with Crippen molar-refractivity contribution in [1.29, 1.82) is 0 Å². The SMILES string of the molecule is CC1(C(=O)N[C@@H]2C[C@H]2CO)CC1. The molecular formula is C9H15NO2. The molecule has 2 aliphatic rings. The van der Waals surface area contributed by atoms with Gasteiger partial charge in [-0.2, -0.15) is 0 Å². The topological polar surface area (TPSA) is 49.3 Å². The number of carbonyl (C=O) groups is 1. The van der Waals surface area contributed by atoms with E-state index in [-0.39, 0.29) is 24.0 Å². The van der Waals surface area contributed by atoms with Gasteiger partial charge in [-0.05, 0) is 19.3 Å². The van der Waals surface area contributed by atoms with E-state index in [4.69, 9.17) is 5.11 Å². The molecule has 2 aliphatic carbocycles. The second kappa shape index (κ2) is 2.46. The normalized spacial score (nSPS) is 35.8. The molecule has 1 amide bonds. The van der Waals surface area contributed by atoms with E-state index in [1.165, 1.54) is 0 Å². The lowest BCUT2D eigenvalue weighted by Crippen LogP contribution is -2.33. The predicted octanol–water partition coefficient (Wildman–Crippen LogP) is 0.283. The van der Waals surface area contributed by atoms with Crippen molar-refractivity contribution in [1.82, 2.24) is 5.32 Å². The van der Waals surface area contributed by atoms with Gasteiger partial charge in [-0.15, -0.1) is 0 Å². The summed E-state index contributed by atoms with van der Waals surface area (Å²) in [6, 6.07) is 0.264. The summed E-state index contributed by atoms with van der Waals surface area (Å²) in [6.45, 7) is 2.21. The van der Waals surface area contributed by atoms with E-state index in [1.54, 1.807) is 0 Å². The average Bonchev–Trinajstić information content (AvgIpc) is 2.89. The maximum absolute atomic E-state index is 11.4. The molecule has 2 atom stereocenters. The molecule has 0 unspecified atom stereocenters. The lowest BCUT2D eigenvalue weighted by molar-refractivity contribution is -0.125. The Balaban J connectivity index is 1.77. The Bertz CT molecular complexity index is 211. The van der Waals surface area contributed by atoms with Crippen LogP contribution in [-0.4, -0.2) is 23.7 Å². The lowest BCUT2D eigenvalue weighted by atomic mass is 10.1. The second-order valence-electron chi connectivity index (χ2n) is 4.32. The van der Waals surface area contributed by atoms with Crippen molar-refractivity contribution in [2.45, 2.75) is 32.2 Å². The van der Waals surface area contributed by atoms with Gasteiger partial charge in [-0.3, -0.25) is 4.79 Å². The highest BCUT2D eigenvalue weighted by Crippen LogP contribution is 2.46. The molecule has 0 aromatic rings. The highest BCUT2D eigenvalue weighted by Gasteiger charge is 2.48. The molecule has 2 rings (SSSR count). The molecule has 0 spiro atoms. The molecule has 68 valence electrons. The molecule has 2 saturated carbocycles. The van der Waals surface area contributed by atoms with Crippen LogP contribution in [0.1, 0.15) is 26.2 Å². The number of nitrogens with one attached hydrogen (secondary N) is 1. The summed E-state index contributed by atoms with van der Waals surface area (Å²) in [6.07, 6.45) is 3.00. The first-order chi connectivity index (χ1) is 5.65. The summed E-state index contributed by atoms with van der Waals surface area (Å²) < 4.78 is 0. The minimum Gasteiger partial charge on any atom is -0.396 e. The fourth-order valence-corrected chi connectivity index (χ4v) is 1.38. The van der Waals surface area contributed by atoms with Gasteiger partial charge in [0.15, 0.2) is 0 Å². The summed E-state index contributed by atoms with van der Waals surface area (Å²) in [5.41, 5.74) is -0.0669. The zero-order chi connectivity index (χ0) is 8.77. The Labute approximate surface area is 72.2 Å². The molecule has 12 heavy (non-hydrogen) atoms. The Hall–Kier alpha value is -0.570. The minimum absolute atomic E-state index is 0.0669. The van der Waals surface area contributed by atoms with Gasteiger partial charge in [0.05, 0.1) is 0 Å². The smallest absolute Gasteiger partial charge is 0.226 e. The summed E-state index contributed by atoms with van der Waals surface area (Å²) in [4.78, 5) is 11.4.